The van der Waals surface area contributed by atoms with Crippen LogP contribution in [0.25, 0.3) is 0 Å². The Labute approximate surface area is 81.9 Å². The normalized spacial score (nSPS) is 19.1. The molecule has 0 aliphatic heterocycles. The molecule has 1 aromatic carbocycles. The molecule has 0 spiro atoms. The largest absolute Gasteiger partial charge is 0.464 e. The maximum atomic E-state index is 10.7. The number of carboxylic acid groups (broad SMARTS) is 1. The summed E-state index contributed by atoms with van der Waals surface area (Å²) >= 11 is 0. The van der Waals surface area contributed by atoms with Crippen LogP contribution >= 0.6 is 0 Å². The van der Waals surface area contributed by atoms with Crippen LogP contribution in [0.3, 0.4) is 0 Å². The minimum absolute atomic E-state index is 0.177. The van der Waals surface area contributed by atoms with E-state index in [0.29, 0.717) is 0 Å². The highest BCUT2D eigenvalue weighted by Crippen LogP contribution is 2.33. The van der Waals surface area contributed by atoms with E-state index in [1.165, 1.54) is 5.56 Å². The Balaban J connectivity index is 2.30. The van der Waals surface area contributed by atoms with Crippen LogP contribution in [0.4, 0.5) is 4.79 Å². The second-order valence-corrected chi connectivity index (χ2v) is 3.44. The van der Waals surface area contributed by atoms with Crippen molar-refractivity contribution in [1.29, 1.82) is 0 Å². The van der Waals surface area contributed by atoms with Crippen molar-refractivity contribution in [3.63, 3.8) is 0 Å². The first-order valence-electron chi connectivity index (χ1n) is 4.55. The molecule has 1 atom stereocenters. The summed E-state index contributed by atoms with van der Waals surface area (Å²) in [5.41, 5.74) is 2.24. The Morgan fingerprint density at radius 2 is 2.21 bits per heavy atom. The Kier molecular flexibility index (Phi) is 2.13. The summed E-state index contributed by atoms with van der Waals surface area (Å²) in [6.07, 6.45) is 0.607. The quantitative estimate of drug-likeness (QED) is 0.403. The van der Waals surface area contributed by atoms with Crippen molar-refractivity contribution in [2.75, 3.05) is 0 Å². The Morgan fingerprint density at radius 1 is 1.50 bits per heavy atom. The van der Waals surface area contributed by atoms with Gasteiger partial charge in [0.2, 0.25) is 0 Å². The summed E-state index contributed by atoms with van der Waals surface area (Å²) in [7, 11) is 0. The molecule has 0 saturated carbocycles. The van der Waals surface area contributed by atoms with Gasteiger partial charge < -0.3 is 5.11 Å². The number of fused-ring (bicyclic) bond motifs is 1. The fraction of sp³-hybridized carbons (Fsp3) is 0.300. The second-order valence-electron chi connectivity index (χ2n) is 3.44. The molecule has 1 aliphatic rings. The summed E-state index contributed by atoms with van der Waals surface area (Å²) in [4.78, 5) is 10.7. The third-order valence-electron chi connectivity index (χ3n) is 2.66. The van der Waals surface area contributed by atoms with Crippen LogP contribution < -0.4 is 5.84 Å². The van der Waals surface area contributed by atoms with Crippen molar-refractivity contribution in [2.45, 2.75) is 18.9 Å². The highest BCUT2D eigenvalue weighted by Gasteiger charge is 2.28. The molecular weight excluding hydrogens is 180 g/mol. The van der Waals surface area contributed by atoms with Crippen molar-refractivity contribution >= 4 is 6.09 Å². The van der Waals surface area contributed by atoms with Crippen molar-refractivity contribution in [3.05, 3.63) is 35.4 Å². The molecule has 74 valence electrons. The number of carbonyl (C=O) groups is 1. The first-order valence-corrected chi connectivity index (χ1v) is 4.55. The molecule has 0 aromatic heterocycles. The lowest BCUT2D eigenvalue weighted by Crippen LogP contribution is -2.38. The van der Waals surface area contributed by atoms with E-state index in [1.807, 2.05) is 24.3 Å². The number of hydrogen-bond donors (Lipinski definition) is 2. The van der Waals surface area contributed by atoms with Crippen molar-refractivity contribution in [2.24, 2.45) is 5.84 Å². The van der Waals surface area contributed by atoms with E-state index in [2.05, 4.69) is 0 Å². The second kappa shape index (κ2) is 3.31. The lowest BCUT2D eigenvalue weighted by Gasteiger charge is -2.21. The maximum Gasteiger partial charge on any atom is 0.422 e. The number of rotatable bonds is 1. The van der Waals surface area contributed by atoms with Gasteiger partial charge in [-0.2, -0.15) is 0 Å². The maximum absolute atomic E-state index is 10.7. The van der Waals surface area contributed by atoms with E-state index in [-0.39, 0.29) is 6.04 Å². The lowest BCUT2D eigenvalue weighted by molar-refractivity contribution is 0.124. The fourth-order valence-corrected chi connectivity index (χ4v) is 1.96. The van der Waals surface area contributed by atoms with Crippen LogP contribution in [-0.4, -0.2) is 16.2 Å². The van der Waals surface area contributed by atoms with Gasteiger partial charge in [0.25, 0.3) is 0 Å². The number of nitrogens with zero attached hydrogens (tertiary/aromatic N) is 1. The molecule has 1 amide bonds. The molecule has 0 bridgehead atoms. The van der Waals surface area contributed by atoms with E-state index < -0.39 is 6.09 Å². The van der Waals surface area contributed by atoms with Crippen LogP contribution in [0.1, 0.15) is 23.6 Å². The summed E-state index contributed by atoms with van der Waals surface area (Å²) in [5.74, 6) is 5.47. The molecule has 0 saturated heterocycles. The van der Waals surface area contributed by atoms with Crippen LogP contribution in [0.15, 0.2) is 24.3 Å². The minimum atomic E-state index is -1.08. The molecule has 0 unspecified atom stereocenters. The predicted molar refractivity (Wildman–Crippen MR) is 51.6 cm³/mol. The number of benzene rings is 1. The number of hydrazine groups is 1. The smallest absolute Gasteiger partial charge is 0.422 e. The van der Waals surface area contributed by atoms with E-state index in [9.17, 15) is 4.79 Å². The number of hydrogen-bond acceptors (Lipinski definition) is 2. The Morgan fingerprint density at radius 3 is 2.93 bits per heavy atom. The molecule has 0 radical (unpaired) electrons. The highest BCUT2D eigenvalue weighted by molar-refractivity contribution is 5.65. The molecule has 0 heterocycles. The van der Waals surface area contributed by atoms with Gasteiger partial charge in [-0.05, 0) is 24.0 Å². The molecule has 2 rings (SSSR count). The van der Waals surface area contributed by atoms with Crippen LogP contribution in [0.2, 0.25) is 0 Å². The molecule has 1 aromatic rings. The average Bonchev–Trinajstić information content (AvgIpc) is 2.60. The predicted octanol–water partition coefficient (Wildman–Crippen LogP) is 1.53. The standard InChI is InChI=1S/C10H12N2O2/c11-12(10(13)14)9-6-5-7-3-1-2-4-8(7)9/h1-4,9H,5-6,11H2,(H,13,14)/t9-/m0/s1. The van der Waals surface area contributed by atoms with Crippen LogP contribution in [0.5, 0.6) is 0 Å². The fourth-order valence-electron chi connectivity index (χ4n) is 1.96. The zero-order valence-electron chi connectivity index (χ0n) is 7.68. The van der Waals surface area contributed by atoms with Crippen LogP contribution in [-0.2, 0) is 6.42 Å². The van der Waals surface area contributed by atoms with E-state index in [4.69, 9.17) is 10.9 Å². The third-order valence-corrected chi connectivity index (χ3v) is 2.66. The SMILES string of the molecule is NN(C(=O)O)[C@H]1CCc2ccccc21. The number of aryl methyl sites for hydroxylation is 1. The summed E-state index contributed by atoms with van der Waals surface area (Å²) in [5, 5.41) is 9.66. The van der Waals surface area contributed by atoms with Gasteiger partial charge in [0, 0.05) is 0 Å². The first kappa shape index (κ1) is 9.02. The van der Waals surface area contributed by atoms with Gasteiger partial charge in [-0.3, -0.25) is 0 Å². The molecule has 1 aliphatic carbocycles. The molecule has 4 nitrogen and oxygen atoms in total. The molecular formula is C10H12N2O2. The van der Waals surface area contributed by atoms with Crippen LogP contribution in [0, 0.1) is 0 Å². The van der Waals surface area contributed by atoms with E-state index in [0.717, 1.165) is 23.4 Å². The molecule has 0 fully saturated rings. The molecule has 3 N–H and O–H groups in total. The van der Waals surface area contributed by atoms with Gasteiger partial charge in [0.15, 0.2) is 0 Å². The average molecular weight is 192 g/mol. The van der Waals surface area contributed by atoms with Gasteiger partial charge in [-0.1, -0.05) is 24.3 Å². The Hall–Kier alpha value is -1.55. The minimum Gasteiger partial charge on any atom is -0.464 e. The topological polar surface area (TPSA) is 66.6 Å². The molecule has 14 heavy (non-hydrogen) atoms. The van der Waals surface area contributed by atoms with Gasteiger partial charge in [-0.15, -0.1) is 0 Å². The zero-order valence-corrected chi connectivity index (χ0v) is 7.68. The van der Waals surface area contributed by atoms with Gasteiger partial charge in [0.1, 0.15) is 0 Å². The highest BCUT2D eigenvalue weighted by atomic mass is 16.4. The zero-order chi connectivity index (χ0) is 10.1. The third kappa shape index (κ3) is 1.33. The first-order chi connectivity index (χ1) is 6.70. The number of amides is 1. The van der Waals surface area contributed by atoms with Crippen molar-refractivity contribution in [1.82, 2.24) is 5.01 Å². The Bertz CT molecular complexity index is 365. The van der Waals surface area contributed by atoms with Crippen molar-refractivity contribution in [3.8, 4) is 0 Å². The summed E-state index contributed by atoms with van der Waals surface area (Å²) in [6.45, 7) is 0. The van der Waals surface area contributed by atoms with E-state index in [1.54, 1.807) is 0 Å². The van der Waals surface area contributed by atoms with Gasteiger partial charge in [0.05, 0.1) is 6.04 Å². The number of nitrogens with two attached hydrogens (primary N) is 1. The lowest BCUT2D eigenvalue weighted by atomic mass is 10.1. The van der Waals surface area contributed by atoms with Gasteiger partial charge >= 0.3 is 6.09 Å². The summed E-state index contributed by atoms with van der Waals surface area (Å²) in [6, 6.07) is 7.65. The monoisotopic (exact) mass is 192 g/mol. The van der Waals surface area contributed by atoms with E-state index >= 15 is 0 Å². The molecule has 4 heteroatoms. The van der Waals surface area contributed by atoms with Crippen molar-refractivity contribution < 1.29 is 9.90 Å². The van der Waals surface area contributed by atoms with Gasteiger partial charge in [-0.25, -0.2) is 15.6 Å². The summed E-state index contributed by atoms with van der Waals surface area (Å²) < 4.78 is 0.